The minimum absolute atomic E-state index is 0.0926. The third kappa shape index (κ3) is 2.80. The van der Waals surface area contributed by atoms with E-state index in [0.29, 0.717) is 6.42 Å². The number of aromatic hydroxyl groups is 1. The van der Waals surface area contributed by atoms with Gasteiger partial charge in [-0.1, -0.05) is 13.8 Å². The van der Waals surface area contributed by atoms with Crippen LogP contribution in [0.15, 0.2) is 18.2 Å². The Morgan fingerprint density at radius 1 is 1.44 bits per heavy atom. The van der Waals surface area contributed by atoms with Crippen molar-refractivity contribution in [1.29, 1.82) is 0 Å². The normalized spacial score (nSPS) is 11.9. The maximum Gasteiger partial charge on any atom is 0.303 e. The van der Waals surface area contributed by atoms with Crippen LogP contribution in [0.5, 0.6) is 5.75 Å². The summed E-state index contributed by atoms with van der Waals surface area (Å²) < 4.78 is 0. The summed E-state index contributed by atoms with van der Waals surface area (Å²) in [6.45, 7) is 3.79. The molecule has 2 aromatic rings. The first kappa shape index (κ1) is 12.4. The highest BCUT2D eigenvalue weighted by Crippen LogP contribution is 2.26. The first-order valence-corrected chi connectivity index (χ1v) is 5.75. The maximum atomic E-state index is 10.8. The number of fused-ring (bicyclic) bond motifs is 1. The Morgan fingerprint density at radius 2 is 2.17 bits per heavy atom. The molecule has 5 nitrogen and oxygen atoms in total. The van der Waals surface area contributed by atoms with Gasteiger partial charge in [-0.2, -0.15) is 0 Å². The van der Waals surface area contributed by atoms with Crippen LogP contribution in [0.25, 0.3) is 11.0 Å². The summed E-state index contributed by atoms with van der Waals surface area (Å²) in [6, 6.07) is 4.92. The van der Waals surface area contributed by atoms with Gasteiger partial charge in [-0.05, 0) is 17.5 Å². The van der Waals surface area contributed by atoms with E-state index in [2.05, 4.69) is 9.97 Å². The Labute approximate surface area is 104 Å². The van der Waals surface area contributed by atoms with Crippen LogP contribution in [0, 0.1) is 5.41 Å². The Balaban J connectivity index is 2.24. The van der Waals surface area contributed by atoms with Gasteiger partial charge in [-0.3, -0.25) is 4.79 Å². The number of carboxylic acids is 1. The van der Waals surface area contributed by atoms with Crippen LogP contribution >= 0.6 is 0 Å². The molecule has 0 amide bonds. The van der Waals surface area contributed by atoms with Gasteiger partial charge in [0.25, 0.3) is 0 Å². The summed E-state index contributed by atoms with van der Waals surface area (Å²) in [6.07, 6.45) is 0.643. The van der Waals surface area contributed by atoms with Gasteiger partial charge in [0.1, 0.15) is 11.6 Å². The number of hydrogen-bond donors (Lipinski definition) is 3. The van der Waals surface area contributed by atoms with E-state index >= 15 is 0 Å². The summed E-state index contributed by atoms with van der Waals surface area (Å²) in [7, 11) is 0. The number of imidazole rings is 1. The van der Waals surface area contributed by atoms with Crippen LogP contribution in [-0.4, -0.2) is 26.2 Å². The number of benzene rings is 1. The van der Waals surface area contributed by atoms with Crippen LogP contribution in [0.1, 0.15) is 26.1 Å². The molecule has 0 aliphatic heterocycles. The molecule has 0 saturated carbocycles. The standard InChI is InChI=1S/C13H16N2O3/c1-13(2,7-12(17)18)6-11-14-9-4-3-8(16)5-10(9)15-11/h3-5,16H,6-7H2,1-2H3,(H,14,15)(H,17,18). The number of aromatic nitrogens is 2. The average Bonchev–Trinajstić information content (AvgIpc) is 2.55. The summed E-state index contributed by atoms with van der Waals surface area (Å²) >= 11 is 0. The molecular formula is C13H16N2O3. The van der Waals surface area contributed by atoms with Crippen LogP contribution < -0.4 is 0 Å². The molecule has 0 spiro atoms. The number of H-pyrrole nitrogens is 1. The minimum Gasteiger partial charge on any atom is -0.508 e. The van der Waals surface area contributed by atoms with Crippen molar-refractivity contribution in [2.75, 3.05) is 0 Å². The highest BCUT2D eigenvalue weighted by Gasteiger charge is 2.23. The molecule has 1 aromatic carbocycles. The molecule has 0 atom stereocenters. The first-order chi connectivity index (χ1) is 8.35. The van der Waals surface area contributed by atoms with Crippen molar-refractivity contribution >= 4 is 17.0 Å². The number of carboxylic acid groups (broad SMARTS) is 1. The first-order valence-electron chi connectivity index (χ1n) is 5.75. The van der Waals surface area contributed by atoms with E-state index in [4.69, 9.17) is 5.11 Å². The van der Waals surface area contributed by atoms with Gasteiger partial charge in [-0.25, -0.2) is 4.98 Å². The highest BCUT2D eigenvalue weighted by molar-refractivity contribution is 5.76. The predicted octanol–water partition coefficient (Wildman–Crippen LogP) is 2.31. The van der Waals surface area contributed by atoms with Gasteiger partial charge < -0.3 is 15.2 Å². The monoisotopic (exact) mass is 248 g/mol. The lowest BCUT2D eigenvalue weighted by Crippen LogP contribution is -2.20. The molecule has 1 heterocycles. The molecule has 0 bridgehead atoms. The molecule has 0 aliphatic carbocycles. The third-order valence-corrected chi connectivity index (χ3v) is 2.79. The van der Waals surface area contributed by atoms with E-state index in [1.807, 2.05) is 13.8 Å². The van der Waals surface area contributed by atoms with Crippen molar-refractivity contribution in [3.63, 3.8) is 0 Å². The molecule has 0 aliphatic rings. The second kappa shape index (κ2) is 4.33. The summed E-state index contributed by atoms with van der Waals surface area (Å²) in [4.78, 5) is 18.2. The predicted molar refractivity (Wildman–Crippen MR) is 67.5 cm³/mol. The Bertz CT molecular complexity index is 587. The van der Waals surface area contributed by atoms with E-state index in [1.54, 1.807) is 18.2 Å². The zero-order valence-corrected chi connectivity index (χ0v) is 10.4. The van der Waals surface area contributed by atoms with Crippen molar-refractivity contribution in [3.05, 3.63) is 24.0 Å². The van der Waals surface area contributed by atoms with E-state index in [1.165, 1.54) is 0 Å². The SMILES string of the molecule is CC(C)(CC(=O)O)Cc1nc2ccc(O)cc2[nH]1. The number of phenols is 1. The number of phenolic OH excluding ortho intramolecular Hbond substituents is 1. The Morgan fingerprint density at radius 3 is 2.83 bits per heavy atom. The fraction of sp³-hybridized carbons (Fsp3) is 0.385. The quantitative estimate of drug-likeness (QED) is 0.775. The number of aromatic amines is 1. The van der Waals surface area contributed by atoms with Gasteiger partial charge in [0, 0.05) is 12.5 Å². The lowest BCUT2D eigenvalue weighted by molar-refractivity contribution is -0.139. The number of aliphatic carboxylic acids is 1. The Hall–Kier alpha value is -2.04. The largest absolute Gasteiger partial charge is 0.508 e. The van der Waals surface area contributed by atoms with Crippen LogP contribution in [0.4, 0.5) is 0 Å². The van der Waals surface area contributed by atoms with Gasteiger partial charge in [0.05, 0.1) is 17.5 Å². The Kier molecular flexibility index (Phi) is 2.98. The fourth-order valence-corrected chi connectivity index (χ4v) is 2.06. The van der Waals surface area contributed by atoms with Crippen molar-refractivity contribution in [3.8, 4) is 5.75 Å². The molecule has 18 heavy (non-hydrogen) atoms. The topological polar surface area (TPSA) is 86.2 Å². The molecule has 0 saturated heterocycles. The van der Waals surface area contributed by atoms with Crippen molar-refractivity contribution in [1.82, 2.24) is 9.97 Å². The second-order valence-electron chi connectivity index (χ2n) is 5.30. The minimum atomic E-state index is -0.811. The number of rotatable bonds is 4. The van der Waals surface area contributed by atoms with Crippen LogP contribution in [-0.2, 0) is 11.2 Å². The van der Waals surface area contributed by atoms with Crippen molar-refractivity contribution in [2.24, 2.45) is 5.41 Å². The zero-order valence-electron chi connectivity index (χ0n) is 10.4. The molecule has 2 rings (SSSR count). The van der Waals surface area contributed by atoms with Gasteiger partial charge in [0.15, 0.2) is 0 Å². The van der Waals surface area contributed by atoms with Gasteiger partial charge in [-0.15, -0.1) is 0 Å². The molecule has 0 unspecified atom stereocenters. The fourth-order valence-electron chi connectivity index (χ4n) is 2.06. The van der Waals surface area contributed by atoms with Crippen LogP contribution in [0.3, 0.4) is 0 Å². The number of hydrogen-bond acceptors (Lipinski definition) is 3. The molecule has 1 aromatic heterocycles. The molecule has 0 fully saturated rings. The second-order valence-corrected chi connectivity index (χ2v) is 5.30. The summed E-state index contributed by atoms with van der Waals surface area (Å²) in [5.74, 6) is 0.109. The van der Waals surface area contributed by atoms with E-state index in [-0.39, 0.29) is 17.6 Å². The van der Waals surface area contributed by atoms with Crippen LogP contribution in [0.2, 0.25) is 0 Å². The van der Waals surface area contributed by atoms with Gasteiger partial charge >= 0.3 is 5.97 Å². The molecular weight excluding hydrogens is 232 g/mol. The molecule has 3 N–H and O–H groups in total. The zero-order chi connectivity index (χ0) is 13.3. The van der Waals surface area contributed by atoms with E-state index in [9.17, 15) is 9.90 Å². The van der Waals surface area contributed by atoms with E-state index in [0.717, 1.165) is 16.9 Å². The summed E-state index contributed by atoms with van der Waals surface area (Å²) in [5.41, 5.74) is 1.17. The number of nitrogens with zero attached hydrogens (tertiary/aromatic N) is 1. The lowest BCUT2D eigenvalue weighted by atomic mass is 9.85. The van der Waals surface area contributed by atoms with Gasteiger partial charge in [0.2, 0.25) is 0 Å². The smallest absolute Gasteiger partial charge is 0.303 e. The number of carbonyl (C=O) groups is 1. The third-order valence-electron chi connectivity index (χ3n) is 2.79. The maximum absolute atomic E-state index is 10.8. The summed E-state index contributed by atoms with van der Waals surface area (Å²) in [5, 5.41) is 18.2. The highest BCUT2D eigenvalue weighted by atomic mass is 16.4. The lowest BCUT2D eigenvalue weighted by Gasteiger charge is -2.20. The molecule has 0 radical (unpaired) electrons. The van der Waals surface area contributed by atoms with Crippen molar-refractivity contribution in [2.45, 2.75) is 26.7 Å². The average molecular weight is 248 g/mol. The van der Waals surface area contributed by atoms with E-state index < -0.39 is 5.97 Å². The molecule has 5 heteroatoms. The molecule has 96 valence electrons. The van der Waals surface area contributed by atoms with Crippen molar-refractivity contribution < 1.29 is 15.0 Å². The number of nitrogens with one attached hydrogen (secondary N) is 1.